The molecular weight excluding hydrogens is 230 g/mol. The zero-order valence-electron chi connectivity index (χ0n) is 11.7. The number of anilines is 1. The van der Waals surface area contributed by atoms with Crippen LogP contribution in [0.1, 0.15) is 32.7 Å². The van der Waals surface area contributed by atoms with Gasteiger partial charge in [0, 0.05) is 26.2 Å². The summed E-state index contributed by atoms with van der Waals surface area (Å²) in [6, 6.07) is -0.230. The average Bonchev–Trinajstić information content (AvgIpc) is 2.77. The Balaban J connectivity index is 2.06. The standard InChI is InChI=1S/C12H23N5O/c1-12(2,3)9(13)10-14-11(15-18-10)17-7-5-16(4)6-8-17/h9H,5-8,13H2,1-4H3/t9-/m1/s1. The van der Waals surface area contributed by atoms with Gasteiger partial charge in [0.05, 0.1) is 6.04 Å². The molecule has 6 nitrogen and oxygen atoms in total. The van der Waals surface area contributed by atoms with Crippen LogP contribution in [0.4, 0.5) is 5.95 Å². The van der Waals surface area contributed by atoms with Crippen LogP contribution in [0.5, 0.6) is 0 Å². The molecule has 0 amide bonds. The average molecular weight is 253 g/mol. The van der Waals surface area contributed by atoms with Crippen molar-refractivity contribution in [2.75, 3.05) is 38.1 Å². The topological polar surface area (TPSA) is 71.4 Å². The molecule has 1 atom stereocenters. The normalized spacial score (nSPS) is 20.2. The fraction of sp³-hybridized carbons (Fsp3) is 0.833. The summed E-state index contributed by atoms with van der Waals surface area (Å²) < 4.78 is 5.29. The first-order valence-corrected chi connectivity index (χ1v) is 6.40. The number of hydrogen-bond acceptors (Lipinski definition) is 6. The van der Waals surface area contributed by atoms with Crippen LogP contribution in [0.25, 0.3) is 0 Å². The van der Waals surface area contributed by atoms with Crippen molar-refractivity contribution in [1.29, 1.82) is 0 Å². The highest BCUT2D eigenvalue weighted by atomic mass is 16.5. The predicted octanol–water partition coefficient (Wildman–Crippen LogP) is 0.867. The zero-order chi connectivity index (χ0) is 13.3. The molecule has 102 valence electrons. The highest BCUT2D eigenvalue weighted by molar-refractivity contribution is 5.29. The van der Waals surface area contributed by atoms with Gasteiger partial charge in [-0.1, -0.05) is 20.8 Å². The van der Waals surface area contributed by atoms with Gasteiger partial charge in [0.15, 0.2) is 0 Å². The third-order valence-electron chi connectivity index (χ3n) is 3.42. The van der Waals surface area contributed by atoms with Gasteiger partial charge in [-0.25, -0.2) is 0 Å². The first kappa shape index (κ1) is 13.3. The van der Waals surface area contributed by atoms with Crippen LogP contribution < -0.4 is 10.6 Å². The summed E-state index contributed by atoms with van der Waals surface area (Å²) >= 11 is 0. The van der Waals surface area contributed by atoms with E-state index in [1.54, 1.807) is 0 Å². The number of nitrogens with zero attached hydrogens (tertiary/aromatic N) is 4. The Morgan fingerprint density at radius 3 is 2.39 bits per heavy atom. The highest BCUT2D eigenvalue weighted by Crippen LogP contribution is 2.30. The highest BCUT2D eigenvalue weighted by Gasteiger charge is 2.28. The molecule has 0 unspecified atom stereocenters. The van der Waals surface area contributed by atoms with Gasteiger partial charge in [0.25, 0.3) is 5.95 Å². The predicted molar refractivity (Wildman–Crippen MR) is 70.4 cm³/mol. The Bertz CT molecular complexity index is 389. The third-order valence-corrected chi connectivity index (χ3v) is 3.42. The van der Waals surface area contributed by atoms with Crippen LogP contribution in [0.15, 0.2) is 4.52 Å². The summed E-state index contributed by atoms with van der Waals surface area (Å²) in [4.78, 5) is 8.86. The van der Waals surface area contributed by atoms with Gasteiger partial charge in [0.1, 0.15) is 0 Å². The number of piperazine rings is 1. The van der Waals surface area contributed by atoms with E-state index >= 15 is 0 Å². The van der Waals surface area contributed by atoms with Crippen molar-refractivity contribution in [2.24, 2.45) is 11.1 Å². The molecule has 1 saturated heterocycles. The summed E-state index contributed by atoms with van der Waals surface area (Å²) in [7, 11) is 2.12. The van der Waals surface area contributed by atoms with E-state index in [-0.39, 0.29) is 11.5 Å². The van der Waals surface area contributed by atoms with E-state index in [0.29, 0.717) is 11.8 Å². The molecule has 2 rings (SSSR count). The molecule has 0 aliphatic carbocycles. The quantitative estimate of drug-likeness (QED) is 0.843. The summed E-state index contributed by atoms with van der Waals surface area (Å²) in [5.74, 6) is 1.19. The summed E-state index contributed by atoms with van der Waals surface area (Å²) in [5.41, 5.74) is 6.04. The van der Waals surface area contributed by atoms with Crippen LogP contribution in [0, 0.1) is 5.41 Å². The van der Waals surface area contributed by atoms with Gasteiger partial charge in [-0.15, -0.1) is 0 Å². The summed E-state index contributed by atoms with van der Waals surface area (Å²) in [6.45, 7) is 10.1. The van der Waals surface area contributed by atoms with Gasteiger partial charge in [-0.2, -0.15) is 4.98 Å². The molecule has 6 heteroatoms. The smallest absolute Gasteiger partial charge is 0.266 e. The molecule has 1 aromatic rings. The SMILES string of the molecule is CN1CCN(c2noc([C@@H](N)C(C)(C)C)n2)CC1. The molecule has 1 fully saturated rings. The minimum absolute atomic E-state index is 0.0775. The number of aromatic nitrogens is 2. The fourth-order valence-corrected chi connectivity index (χ4v) is 1.86. The lowest BCUT2D eigenvalue weighted by Gasteiger charge is -2.31. The fourth-order valence-electron chi connectivity index (χ4n) is 1.86. The van der Waals surface area contributed by atoms with Gasteiger partial charge in [-0.3, -0.25) is 0 Å². The van der Waals surface area contributed by atoms with Crippen molar-refractivity contribution in [1.82, 2.24) is 15.0 Å². The number of rotatable bonds is 2. The van der Waals surface area contributed by atoms with E-state index in [9.17, 15) is 0 Å². The van der Waals surface area contributed by atoms with Gasteiger partial charge < -0.3 is 20.1 Å². The van der Waals surface area contributed by atoms with Crippen molar-refractivity contribution in [2.45, 2.75) is 26.8 Å². The van der Waals surface area contributed by atoms with Gasteiger partial charge >= 0.3 is 0 Å². The Labute approximate surface area is 108 Å². The number of nitrogens with two attached hydrogens (primary N) is 1. The first-order chi connectivity index (χ1) is 8.38. The second kappa shape index (κ2) is 4.85. The second-order valence-corrected chi connectivity index (χ2v) is 6.07. The molecule has 1 aromatic heterocycles. The first-order valence-electron chi connectivity index (χ1n) is 6.40. The Morgan fingerprint density at radius 1 is 1.22 bits per heavy atom. The Morgan fingerprint density at radius 2 is 1.83 bits per heavy atom. The molecule has 18 heavy (non-hydrogen) atoms. The van der Waals surface area contributed by atoms with Crippen LogP contribution >= 0.6 is 0 Å². The van der Waals surface area contributed by atoms with Crippen LogP contribution in [0.3, 0.4) is 0 Å². The van der Waals surface area contributed by atoms with E-state index < -0.39 is 0 Å². The summed E-state index contributed by atoms with van der Waals surface area (Å²) in [6.07, 6.45) is 0. The van der Waals surface area contributed by atoms with Gasteiger partial charge in [0.2, 0.25) is 5.89 Å². The van der Waals surface area contributed by atoms with Crippen LogP contribution in [-0.2, 0) is 0 Å². The lowest BCUT2D eigenvalue weighted by molar-refractivity contribution is 0.252. The molecular formula is C12H23N5O. The molecule has 0 saturated carbocycles. The number of likely N-dealkylation sites (N-methyl/N-ethyl adjacent to an activating group) is 1. The maximum Gasteiger partial charge on any atom is 0.266 e. The van der Waals surface area contributed by atoms with Crippen molar-refractivity contribution >= 4 is 5.95 Å². The minimum atomic E-state index is -0.230. The van der Waals surface area contributed by atoms with E-state index in [1.165, 1.54) is 0 Å². The molecule has 0 bridgehead atoms. The van der Waals surface area contributed by atoms with Crippen molar-refractivity contribution in [3.8, 4) is 0 Å². The molecule has 0 spiro atoms. The minimum Gasteiger partial charge on any atom is -0.336 e. The maximum atomic E-state index is 6.11. The van der Waals surface area contributed by atoms with Crippen molar-refractivity contribution in [3.05, 3.63) is 5.89 Å². The zero-order valence-corrected chi connectivity index (χ0v) is 11.7. The van der Waals surface area contributed by atoms with E-state index in [0.717, 1.165) is 26.2 Å². The number of hydrogen-bond donors (Lipinski definition) is 1. The lowest BCUT2D eigenvalue weighted by atomic mass is 9.87. The molecule has 2 N–H and O–H groups in total. The van der Waals surface area contributed by atoms with E-state index in [4.69, 9.17) is 10.3 Å². The Kier molecular flexibility index (Phi) is 3.59. The molecule has 1 aliphatic heterocycles. The molecule has 0 aromatic carbocycles. The third kappa shape index (κ3) is 2.81. The van der Waals surface area contributed by atoms with Crippen molar-refractivity contribution < 1.29 is 4.52 Å². The lowest BCUT2D eigenvalue weighted by Crippen LogP contribution is -2.45. The summed E-state index contributed by atoms with van der Waals surface area (Å²) in [5, 5.41) is 4.04. The monoisotopic (exact) mass is 253 g/mol. The molecule has 0 radical (unpaired) electrons. The Hall–Kier alpha value is -1.14. The van der Waals surface area contributed by atoms with E-state index in [2.05, 4.69) is 47.8 Å². The molecule has 2 heterocycles. The van der Waals surface area contributed by atoms with Gasteiger partial charge in [-0.05, 0) is 17.6 Å². The maximum absolute atomic E-state index is 6.11. The van der Waals surface area contributed by atoms with Crippen molar-refractivity contribution in [3.63, 3.8) is 0 Å². The largest absolute Gasteiger partial charge is 0.336 e. The van der Waals surface area contributed by atoms with Crippen LogP contribution in [-0.4, -0.2) is 48.3 Å². The van der Waals surface area contributed by atoms with Crippen LogP contribution in [0.2, 0.25) is 0 Å². The second-order valence-electron chi connectivity index (χ2n) is 6.07. The van der Waals surface area contributed by atoms with E-state index in [1.807, 2.05) is 0 Å². The molecule has 1 aliphatic rings.